The van der Waals surface area contributed by atoms with E-state index in [1.165, 1.54) is 35.2 Å². The second-order valence-corrected chi connectivity index (χ2v) is 8.03. The molecule has 11 nitrogen and oxygen atoms in total. The van der Waals surface area contributed by atoms with Crippen LogP contribution in [0.4, 0.5) is 21.7 Å². The first-order valence-corrected chi connectivity index (χ1v) is 11.0. The van der Waals surface area contributed by atoms with Gasteiger partial charge in [0.1, 0.15) is 22.9 Å². The summed E-state index contributed by atoms with van der Waals surface area (Å²) < 4.78 is 22.2. The maximum absolute atomic E-state index is 14.2. The molecule has 4 aromatic rings. The van der Waals surface area contributed by atoms with Crippen LogP contribution in [0.3, 0.4) is 0 Å². The smallest absolute Gasteiger partial charge is 0.280 e. The molecule has 0 aromatic carbocycles. The van der Waals surface area contributed by atoms with E-state index in [9.17, 15) is 14.0 Å². The number of rotatable bonds is 7. The number of amides is 1. The Kier molecular flexibility index (Phi) is 5.87. The fraction of sp³-hybridized carbons (Fsp3) is 0.261. The number of hydrogen-bond donors (Lipinski definition) is 3. The third-order valence-electron chi connectivity index (χ3n) is 5.98. The molecule has 0 saturated heterocycles. The molecule has 4 heterocycles. The van der Waals surface area contributed by atoms with Crippen molar-refractivity contribution >= 4 is 28.9 Å². The number of ether oxygens (including phenoxy) is 1. The first-order valence-electron chi connectivity index (χ1n) is 11.0. The molecular weight excluding hydrogens is 455 g/mol. The zero-order valence-corrected chi connectivity index (χ0v) is 19.0. The van der Waals surface area contributed by atoms with Crippen LogP contribution in [0.5, 0.6) is 0 Å². The number of carbonyl (C=O) groups is 1. The highest BCUT2D eigenvalue weighted by molar-refractivity contribution is 6.00. The normalized spacial score (nSPS) is 17.1. The second-order valence-electron chi connectivity index (χ2n) is 8.03. The molecule has 1 fully saturated rings. The number of aromatic nitrogens is 5. The fourth-order valence-corrected chi connectivity index (χ4v) is 3.98. The lowest BCUT2D eigenvalue weighted by atomic mass is 9.89. The number of methoxy groups -OCH3 is 1. The van der Waals surface area contributed by atoms with Gasteiger partial charge in [0.2, 0.25) is 0 Å². The van der Waals surface area contributed by atoms with E-state index in [0.717, 1.165) is 17.4 Å². The van der Waals surface area contributed by atoms with Crippen LogP contribution < -0.4 is 21.5 Å². The molecule has 2 atom stereocenters. The summed E-state index contributed by atoms with van der Waals surface area (Å²) in [7, 11) is 3.33. The summed E-state index contributed by atoms with van der Waals surface area (Å²) >= 11 is 0. The molecule has 0 bridgehead atoms. The van der Waals surface area contributed by atoms with Gasteiger partial charge >= 0.3 is 0 Å². The van der Waals surface area contributed by atoms with Crippen molar-refractivity contribution in [3.63, 3.8) is 0 Å². The van der Waals surface area contributed by atoms with Crippen molar-refractivity contribution in [1.29, 1.82) is 0 Å². The third-order valence-corrected chi connectivity index (χ3v) is 5.98. The molecule has 180 valence electrons. The topological polar surface area (TPSA) is 127 Å². The zero-order valence-electron chi connectivity index (χ0n) is 19.0. The molecule has 1 aliphatic rings. The molecule has 4 aromatic heterocycles. The summed E-state index contributed by atoms with van der Waals surface area (Å²) in [6.07, 6.45) is 6.00. The lowest BCUT2D eigenvalue weighted by Gasteiger charge is -2.35. The molecule has 0 radical (unpaired) electrons. The molecule has 1 aliphatic carbocycles. The van der Waals surface area contributed by atoms with E-state index in [1.807, 2.05) is 0 Å². The Morgan fingerprint density at radius 2 is 2.11 bits per heavy atom. The molecule has 12 heteroatoms. The molecule has 1 saturated carbocycles. The quantitative estimate of drug-likeness (QED) is 0.369. The summed E-state index contributed by atoms with van der Waals surface area (Å²) in [5.41, 5.74) is 0.226. The van der Waals surface area contributed by atoms with Crippen molar-refractivity contribution in [2.75, 3.05) is 24.8 Å². The summed E-state index contributed by atoms with van der Waals surface area (Å²) in [6, 6.07) is 7.40. The van der Waals surface area contributed by atoms with Gasteiger partial charge < -0.3 is 20.7 Å². The first kappa shape index (κ1) is 22.5. The van der Waals surface area contributed by atoms with E-state index < -0.39 is 11.4 Å². The van der Waals surface area contributed by atoms with Crippen LogP contribution in [0.1, 0.15) is 23.2 Å². The number of hydrogen-bond acceptors (Lipinski definition) is 8. The van der Waals surface area contributed by atoms with Gasteiger partial charge in [-0.1, -0.05) is 0 Å². The number of nitrogens with zero attached hydrogens (tertiary/aromatic N) is 5. The minimum absolute atomic E-state index is 0.0111. The average Bonchev–Trinajstić information content (AvgIpc) is 3.27. The Hall–Kier alpha value is -4.32. The third kappa shape index (κ3) is 4.08. The van der Waals surface area contributed by atoms with Crippen LogP contribution in [-0.4, -0.2) is 56.4 Å². The average molecular weight is 478 g/mol. The Labute approximate surface area is 199 Å². The number of halogens is 1. The molecule has 1 amide bonds. The van der Waals surface area contributed by atoms with E-state index in [4.69, 9.17) is 4.74 Å². The van der Waals surface area contributed by atoms with Gasteiger partial charge in [0.05, 0.1) is 18.3 Å². The first-order chi connectivity index (χ1) is 17.0. The van der Waals surface area contributed by atoms with Crippen LogP contribution in [0.25, 0.3) is 11.5 Å². The highest BCUT2D eigenvalue weighted by Gasteiger charge is 2.33. The van der Waals surface area contributed by atoms with Crippen molar-refractivity contribution in [2.45, 2.75) is 25.0 Å². The molecule has 0 aliphatic heterocycles. The molecule has 0 spiro atoms. The van der Waals surface area contributed by atoms with Crippen LogP contribution in [-0.2, 0) is 4.74 Å². The lowest BCUT2D eigenvalue weighted by molar-refractivity contribution is 0.00732. The van der Waals surface area contributed by atoms with Gasteiger partial charge in [-0.05, 0) is 37.1 Å². The monoisotopic (exact) mass is 478 g/mol. The zero-order chi connectivity index (χ0) is 24.5. The van der Waals surface area contributed by atoms with E-state index in [-0.39, 0.29) is 35.1 Å². The van der Waals surface area contributed by atoms with Crippen molar-refractivity contribution in [3.05, 3.63) is 70.7 Å². The fourth-order valence-electron chi connectivity index (χ4n) is 3.98. The van der Waals surface area contributed by atoms with Crippen molar-refractivity contribution in [1.82, 2.24) is 29.5 Å². The summed E-state index contributed by atoms with van der Waals surface area (Å²) in [4.78, 5) is 34.5. The van der Waals surface area contributed by atoms with E-state index in [0.29, 0.717) is 17.3 Å². The Morgan fingerprint density at radius 1 is 1.26 bits per heavy atom. The minimum atomic E-state index is -0.624. The van der Waals surface area contributed by atoms with E-state index in [1.54, 1.807) is 32.4 Å². The van der Waals surface area contributed by atoms with E-state index >= 15 is 0 Å². The highest BCUT2D eigenvalue weighted by Crippen LogP contribution is 2.25. The van der Waals surface area contributed by atoms with Crippen molar-refractivity contribution in [2.24, 2.45) is 0 Å². The molecular formula is C23H23FN8O3. The van der Waals surface area contributed by atoms with E-state index in [2.05, 4.69) is 31.0 Å². The molecule has 5 rings (SSSR count). The van der Waals surface area contributed by atoms with Gasteiger partial charge in [0.25, 0.3) is 11.5 Å². The van der Waals surface area contributed by atoms with Crippen LogP contribution in [0, 0.1) is 5.82 Å². The van der Waals surface area contributed by atoms with Crippen LogP contribution in [0.2, 0.25) is 0 Å². The summed E-state index contributed by atoms with van der Waals surface area (Å²) in [6.45, 7) is 0. The molecule has 35 heavy (non-hydrogen) atoms. The second kappa shape index (κ2) is 9.14. The maximum Gasteiger partial charge on any atom is 0.280 e. The van der Waals surface area contributed by atoms with Gasteiger partial charge in [0, 0.05) is 32.6 Å². The molecule has 3 N–H and O–H groups in total. The van der Waals surface area contributed by atoms with Gasteiger partial charge in [-0.15, -0.1) is 0 Å². The van der Waals surface area contributed by atoms with Crippen molar-refractivity contribution < 1.29 is 13.9 Å². The summed E-state index contributed by atoms with van der Waals surface area (Å²) in [5.74, 6) is -0.208. The minimum Gasteiger partial charge on any atom is -0.379 e. The van der Waals surface area contributed by atoms with Crippen LogP contribution in [0.15, 0.2) is 53.7 Å². The van der Waals surface area contributed by atoms with Gasteiger partial charge in [-0.3, -0.25) is 14.2 Å². The number of fused-ring (bicyclic) bond motifs is 1. The number of carbonyl (C=O) groups excluding carboxylic acids is 1. The number of anilines is 3. The van der Waals surface area contributed by atoms with Crippen molar-refractivity contribution in [3.8, 4) is 5.82 Å². The Bertz CT molecular complexity index is 1460. The Balaban J connectivity index is 1.49. The van der Waals surface area contributed by atoms with Crippen LogP contribution >= 0.6 is 0 Å². The molecule has 0 unspecified atom stereocenters. The standard InChI is InChI=1S/C23H23FN8O3/c1-25-19-11-18(28-16-6-4-10-31(23(16)34)21-14(24)5-3-9-26-21)30-20-13(12-27-32(19)20)22(33)29-15-7-8-17(15)35-2/h3-6,9-12,15,17,25H,7-8H2,1-2H3,(H,28,30)(H,29,33)/t15-,17-/m1/s1. The highest BCUT2D eigenvalue weighted by atomic mass is 19.1. The SMILES string of the molecule is CNc1cc(Nc2cccn(-c3ncccc3F)c2=O)nc2c(C(=O)N[C@@H]3CC[C@H]3OC)cnn12. The van der Waals surface area contributed by atoms with Gasteiger partial charge in [-0.2, -0.15) is 9.61 Å². The predicted octanol–water partition coefficient (Wildman–Crippen LogP) is 2.11. The maximum atomic E-state index is 14.2. The Morgan fingerprint density at radius 3 is 2.83 bits per heavy atom. The lowest BCUT2D eigenvalue weighted by Crippen LogP contribution is -2.51. The number of nitrogens with one attached hydrogen (secondary N) is 3. The number of pyridine rings is 2. The largest absolute Gasteiger partial charge is 0.379 e. The van der Waals surface area contributed by atoms with Gasteiger partial charge in [0.15, 0.2) is 17.3 Å². The van der Waals surface area contributed by atoms with Gasteiger partial charge in [-0.25, -0.2) is 14.4 Å². The summed E-state index contributed by atoms with van der Waals surface area (Å²) in [5, 5.41) is 13.2. The predicted molar refractivity (Wildman–Crippen MR) is 127 cm³/mol.